The molecule has 4 aromatic rings. The fourth-order valence-corrected chi connectivity index (χ4v) is 3.21. The van der Waals surface area contributed by atoms with E-state index in [0.717, 1.165) is 16.6 Å². The van der Waals surface area contributed by atoms with Crippen LogP contribution in [0.25, 0.3) is 27.5 Å². The van der Waals surface area contributed by atoms with Crippen LogP contribution < -0.4 is 0 Å². The van der Waals surface area contributed by atoms with Gasteiger partial charge in [0.1, 0.15) is 0 Å². The van der Waals surface area contributed by atoms with E-state index >= 15 is 0 Å². The Morgan fingerprint density at radius 1 is 0.917 bits per heavy atom. The Morgan fingerprint density at radius 3 is 2.38 bits per heavy atom. The molecule has 0 saturated heterocycles. The molecule has 2 aromatic heterocycles. The summed E-state index contributed by atoms with van der Waals surface area (Å²) >= 11 is 0. The first-order valence-corrected chi connectivity index (χ1v) is 7.80. The first-order valence-electron chi connectivity index (χ1n) is 7.80. The van der Waals surface area contributed by atoms with E-state index < -0.39 is 0 Å². The predicted molar refractivity (Wildman–Crippen MR) is 96.5 cm³/mol. The lowest BCUT2D eigenvalue weighted by molar-refractivity contribution is -0.384. The Labute approximate surface area is 139 Å². The molecule has 0 amide bonds. The van der Waals surface area contributed by atoms with Gasteiger partial charge in [0, 0.05) is 34.8 Å². The zero-order chi connectivity index (χ0) is 16.8. The molecule has 0 aliphatic carbocycles. The average molecular weight is 316 g/mol. The summed E-state index contributed by atoms with van der Waals surface area (Å²) in [6.07, 6.45) is 2.09. The summed E-state index contributed by atoms with van der Waals surface area (Å²) in [6.45, 7) is 4.22. The third-order valence-corrected chi connectivity index (χ3v) is 4.46. The summed E-state index contributed by atoms with van der Waals surface area (Å²) < 4.78 is 2.18. The van der Waals surface area contributed by atoms with Crippen LogP contribution in [0, 0.1) is 24.0 Å². The second-order valence-electron chi connectivity index (χ2n) is 6.18. The number of fused-ring (bicyclic) bond motifs is 3. The molecule has 4 heteroatoms. The number of hydrogen-bond donors (Lipinski definition) is 0. The maximum atomic E-state index is 10.8. The molecule has 0 spiro atoms. The van der Waals surface area contributed by atoms with Crippen LogP contribution in [0.1, 0.15) is 11.1 Å². The number of nitrogens with zero attached hydrogens (tertiary/aromatic N) is 2. The van der Waals surface area contributed by atoms with E-state index in [1.54, 1.807) is 24.3 Å². The lowest BCUT2D eigenvalue weighted by Gasteiger charge is -2.07. The van der Waals surface area contributed by atoms with Gasteiger partial charge in [0.25, 0.3) is 5.69 Å². The lowest BCUT2D eigenvalue weighted by Crippen LogP contribution is -1.89. The van der Waals surface area contributed by atoms with Gasteiger partial charge in [-0.15, -0.1) is 0 Å². The van der Waals surface area contributed by atoms with Gasteiger partial charge in [0.15, 0.2) is 0 Å². The minimum absolute atomic E-state index is 0.110. The zero-order valence-corrected chi connectivity index (χ0v) is 13.5. The van der Waals surface area contributed by atoms with Crippen LogP contribution in [0.2, 0.25) is 0 Å². The highest BCUT2D eigenvalue weighted by Crippen LogP contribution is 2.29. The molecule has 24 heavy (non-hydrogen) atoms. The summed E-state index contributed by atoms with van der Waals surface area (Å²) in [5, 5.41) is 12.0. The number of rotatable bonds is 2. The quantitative estimate of drug-likeness (QED) is 0.373. The number of pyridine rings is 1. The molecule has 118 valence electrons. The van der Waals surface area contributed by atoms with Crippen LogP contribution in [0.4, 0.5) is 5.69 Å². The van der Waals surface area contributed by atoms with Crippen LogP contribution in [-0.2, 0) is 0 Å². The van der Waals surface area contributed by atoms with Crippen LogP contribution in [0.15, 0.2) is 60.8 Å². The lowest BCUT2D eigenvalue weighted by atomic mass is 10.1. The van der Waals surface area contributed by atoms with Crippen molar-refractivity contribution < 1.29 is 4.92 Å². The number of benzene rings is 2. The second-order valence-corrected chi connectivity index (χ2v) is 6.18. The van der Waals surface area contributed by atoms with E-state index in [2.05, 4.69) is 54.8 Å². The monoisotopic (exact) mass is 316 g/mol. The normalized spacial score (nSPS) is 11.2. The van der Waals surface area contributed by atoms with Crippen molar-refractivity contribution in [2.45, 2.75) is 13.8 Å². The van der Waals surface area contributed by atoms with Crippen LogP contribution in [-0.4, -0.2) is 9.32 Å². The number of nitro groups is 1. The second kappa shape index (κ2) is 5.20. The number of hydrogen-bond acceptors (Lipinski definition) is 2. The fraction of sp³-hybridized carbons (Fsp3) is 0.100. The van der Waals surface area contributed by atoms with Crippen LogP contribution in [0.3, 0.4) is 0 Å². The Bertz CT molecular complexity index is 1090. The van der Waals surface area contributed by atoms with E-state index in [9.17, 15) is 10.1 Å². The molecule has 0 atom stereocenters. The maximum Gasteiger partial charge on any atom is 0.269 e. The first-order chi connectivity index (χ1) is 11.5. The molecule has 0 saturated carbocycles. The van der Waals surface area contributed by atoms with Crippen molar-refractivity contribution >= 4 is 22.1 Å². The summed E-state index contributed by atoms with van der Waals surface area (Å²) in [5.41, 5.74) is 6.92. The Hall–Kier alpha value is -3.14. The van der Waals surface area contributed by atoms with Crippen molar-refractivity contribution in [3.8, 4) is 11.1 Å². The molecule has 0 unspecified atom stereocenters. The number of aromatic nitrogens is 1. The topological polar surface area (TPSA) is 47.5 Å². The molecule has 2 aromatic carbocycles. The van der Waals surface area contributed by atoms with Crippen molar-refractivity contribution in [3.63, 3.8) is 0 Å². The molecule has 0 aliphatic rings. The van der Waals surface area contributed by atoms with E-state index in [1.165, 1.54) is 22.0 Å². The van der Waals surface area contributed by atoms with Gasteiger partial charge in [-0.3, -0.25) is 10.1 Å². The maximum absolute atomic E-state index is 10.8. The molecule has 0 bridgehead atoms. The standard InChI is InChI=1S/C20H16N2O2/c1-13-3-8-20-19(9-13)14(2)10-18-11-16(12-21(18)20)15-4-6-17(7-5-15)22(23)24/h3-12H,1-2H3. The van der Waals surface area contributed by atoms with E-state index in [4.69, 9.17) is 0 Å². The average Bonchev–Trinajstić information content (AvgIpc) is 2.99. The molecule has 0 aliphatic heterocycles. The third-order valence-electron chi connectivity index (χ3n) is 4.46. The highest BCUT2D eigenvalue weighted by atomic mass is 16.6. The summed E-state index contributed by atoms with van der Waals surface area (Å²) in [7, 11) is 0. The number of aryl methyl sites for hydroxylation is 2. The molecular weight excluding hydrogens is 300 g/mol. The molecule has 2 heterocycles. The highest BCUT2D eigenvalue weighted by Gasteiger charge is 2.09. The molecule has 0 fully saturated rings. The van der Waals surface area contributed by atoms with Gasteiger partial charge in [-0.25, -0.2) is 0 Å². The highest BCUT2D eigenvalue weighted by molar-refractivity contribution is 5.88. The van der Waals surface area contributed by atoms with Gasteiger partial charge >= 0.3 is 0 Å². The van der Waals surface area contributed by atoms with Gasteiger partial charge in [-0.1, -0.05) is 11.6 Å². The number of nitro benzene ring substituents is 1. The Kier molecular flexibility index (Phi) is 3.13. The first kappa shape index (κ1) is 14.5. The SMILES string of the molecule is Cc1ccc2c(c1)c(C)cc1cc(-c3ccc([N+](=O)[O-])cc3)cn12. The van der Waals surface area contributed by atoms with Crippen LogP contribution in [0.5, 0.6) is 0 Å². The third kappa shape index (κ3) is 2.24. The van der Waals surface area contributed by atoms with Crippen molar-refractivity contribution in [3.05, 3.63) is 82.0 Å². The van der Waals surface area contributed by atoms with Crippen molar-refractivity contribution in [1.82, 2.24) is 4.40 Å². The van der Waals surface area contributed by atoms with Gasteiger partial charge in [-0.05, 0) is 61.4 Å². The Balaban J connectivity index is 1.92. The summed E-state index contributed by atoms with van der Waals surface area (Å²) in [4.78, 5) is 10.4. The van der Waals surface area contributed by atoms with E-state index in [0.29, 0.717) is 0 Å². The minimum Gasteiger partial charge on any atom is -0.316 e. The smallest absolute Gasteiger partial charge is 0.269 e. The molecule has 0 radical (unpaired) electrons. The largest absolute Gasteiger partial charge is 0.316 e. The van der Waals surface area contributed by atoms with Crippen molar-refractivity contribution in [2.75, 3.05) is 0 Å². The molecule has 4 nitrogen and oxygen atoms in total. The molecule has 4 rings (SSSR count). The number of non-ortho nitro benzene ring substituents is 1. The molecular formula is C20H16N2O2. The molecule has 0 N–H and O–H groups in total. The van der Waals surface area contributed by atoms with Gasteiger partial charge in [0.05, 0.1) is 10.4 Å². The van der Waals surface area contributed by atoms with Crippen molar-refractivity contribution in [1.29, 1.82) is 0 Å². The summed E-state index contributed by atoms with van der Waals surface area (Å²) in [5.74, 6) is 0. The van der Waals surface area contributed by atoms with Gasteiger partial charge in [-0.2, -0.15) is 0 Å². The Morgan fingerprint density at radius 2 is 1.67 bits per heavy atom. The van der Waals surface area contributed by atoms with E-state index in [1.807, 2.05) is 0 Å². The zero-order valence-electron chi connectivity index (χ0n) is 13.5. The summed E-state index contributed by atoms with van der Waals surface area (Å²) in [6, 6.07) is 17.4. The van der Waals surface area contributed by atoms with E-state index in [-0.39, 0.29) is 10.6 Å². The van der Waals surface area contributed by atoms with Crippen LogP contribution >= 0.6 is 0 Å². The van der Waals surface area contributed by atoms with Gasteiger partial charge < -0.3 is 4.40 Å². The predicted octanol–water partition coefficient (Wildman–Crippen LogP) is 5.28. The van der Waals surface area contributed by atoms with Crippen molar-refractivity contribution in [2.24, 2.45) is 0 Å². The van der Waals surface area contributed by atoms with Gasteiger partial charge in [0.2, 0.25) is 0 Å². The minimum atomic E-state index is -0.376. The fourth-order valence-electron chi connectivity index (χ4n) is 3.21.